The summed E-state index contributed by atoms with van der Waals surface area (Å²) in [5.41, 5.74) is 2.50. The molecule has 35 heavy (non-hydrogen) atoms. The van der Waals surface area contributed by atoms with E-state index in [4.69, 9.17) is 28.2 Å². The number of halogens is 3. The summed E-state index contributed by atoms with van der Waals surface area (Å²) in [7, 11) is -3.73. The van der Waals surface area contributed by atoms with Gasteiger partial charge in [-0.2, -0.15) is 13.9 Å². The minimum atomic E-state index is -3.73. The molecule has 1 aliphatic rings. The predicted molar refractivity (Wildman–Crippen MR) is 139 cm³/mol. The topological polar surface area (TPSA) is 92.5 Å². The second-order valence-electron chi connectivity index (χ2n) is 8.29. The molecule has 1 fully saturated rings. The first-order chi connectivity index (χ1) is 16.8. The molecule has 0 radical (unpaired) electrons. The molecule has 1 aliphatic heterocycles. The predicted octanol–water partition coefficient (Wildman–Crippen LogP) is 5.37. The van der Waals surface area contributed by atoms with Crippen molar-refractivity contribution >= 4 is 60.6 Å². The molecule has 182 valence electrons. The number of nitrogens with one attached hydrogen (secondary N) is 1. The molecule has 3 aromatic heterocycles. The summed E-state index contributed by atoms with van der Waals surface area (Å²) in [6.45, 7) is 1.32. The van der Waals surface area contributed by atoms with Crippen LogP contribution in [0.4, 0.5) is 5.82 Å². The van der Waals surface area contributed by atoms with Gasteiger partial charge in [0.25, 0.3) is 0 Å². The molecule has 4 aromatic rings. The van der Waals surface area contributed by atoms with Gasteiger partial charge in [0.1, 0.15) is 5.82 Å². The van der Waals surface area contributed by atoms with E-state index in [9.17, 15) is 8.42 Å². The van der Waals surface area contributed by atoms with Crippen LogP contribution in [0.5, 0.6) is 0 Å². The summed E-state index contributed by atoms with van der Waals surface area (Å²) in [6, 6.07) is 10.2. The molecule has 5 rings (SSSR count). The highest BCUT2D eigenvalue weighted by molar-refractivity contribution is 9.10. The fourth-order valence-electron chi connectivity index (χ4n) is 4.17. The van der Waals surface area contributed by atoms with Crippen LogP contribution in [0.1, 0.15) is 30.0 Å². The summed E-state index contributed by atoms with van der Waals surface area (Å²) in [5, 5.41) is 8.37. The van der Waals surface area contributed by atoms with E-state index in [1.807, 2.05) is 18.2 Å². The first kappa shape index (κ1) is 24.5. The third kappa shape index (κ3) is 5.03. The molecule has 1 aromatic carbocycles. The van der Waals surface area contributed by atoms with E-state index in [0.29, 0.717) is 30.3 Å². The molecule has 0 spiro atoms. The van der Waals surface area contributed by atoms with Crippen molar-refractivity contribution < 1.29 is 8.42 Å². The second kappa shape index (κ2) is 10.0. The van der Waals surface area contributed by atoms with Crippen LogP contribution >= 0.6 is 39.1 Å². The van der Waals surface area contributed by atoms with Crippen molar-refractivity contribution in [1.29, 1.82) is 0 Å². The summed E-state index contributed by atoms with van der Waals surface area (Å²) in [4.78, 5) is 9.12. The normalized spacial score (nSPS) is 17.1. The Bertz CT molecular complexity index is 1480. The van der Waals surface area contributed by atoms with Gasteiger partial charge >= 0.3 is 0 Å². The standard InChI is InChI=1S/C23H21BrCl2N6O2S/c24-18-13-29-32-22(28-12-15-3-1-7-27-11-15)10-21(30-23(18)32)16-4-2-8-31(14-16)35(33,34)17-5-6-19(25)20(26)9-17/h1,3,5-7,9-11,13,16,28H,2,4,8,12,14H2. The van der Waals surface area contributed by atoms with E-state index in [1.165, 1.54) is 22.5 Å². The molecule has 0 amide bonds. The summed E-state index contributed by atoms with van der Waals surface area (Å²) < 4.78 is 30.7. The van der Waals surface area contributed by atoms with Crippen LogP contribution in [0, 0.1) is 0 Å². The number of fused-ring (bicyclic) bond motifs is 1. The molecule has 1 atom stereocenters. The SMILES string of the molecule is O=S(=O)(c1ccc(Cl)c(Cl)c1)N1CCCC(c2cc(NCc3cccnc3)n3ncc(Br)c3n2)C1. The first-order valence-corrected chi connectivity index (χ1v) is 13.9. The van der Waals surface area contributed by atoms with E-state index in [0.717, 1.165) is 34.4 Å². The van der Waals surface area contributed by atoms with Crippen molar-refractivity contribution in [3.63, 3.8) is 0 Å². The maximum atomic E-state index is 13.3. The number of hydrogen-bond acceptors (Lipinski definition) is 6. The highest BCUT2D eigenvalue weighted by Gasteiger charge is 2.32. The first-order valence-electron chi connectivity index (χ1n) is 10.9. The third-order valence-corrected chi connectivity index (χ3v) is 9.14. The molecule has 0 bridgehead atoms. The Balaban J connectivity index is 1.44. The molecule has 0 saturated carbocycles. The lowest BCUT2D eigenvalue weighted by atomic mass is 9.96. The number of sulfonamides is 1. The van der Waals surface area contributed by atoms with Gasteiger partial charge in [-0.1, -0.05) is 29.3 Å². The summed E-state index contributed by atoms with van der Waals surface area (Å²) in [5.74, 6) is 0.691. The van der Waals surface area contributed by atoms with E-state index < -0.39 is 10.0 Å². The fraction of sp³-hybridized carbons (Fsp3) is 0.261. The Hall–Kier alpha value is -2.24. The maximum Gasteiger partial charge on any atom is 0.243 e. The number of nitrogens with zero attached hydrogens (tertiary/aromatic N) is 5. The Morgan fingerprint density at radius 1 is 1.14 bits per heavy atom. The maximum absolute atomic E-state index is 13.3. The van der Waals surface area contributed by atoms with Crippen LogP contribution in [0.3, 0.4) is 0 Å². The number of benzene rings is 1. The van der Waals surface area contributed by atoms with Crippen LogP contribution in [-0.2, 0) is 16.6 Å². The molecule has 12 heteroatoms. The Morgan fingerprint density at radius 3 is 2.77 bits per heavy atom. The van der Waals surface area contributed by atoms with E-state index in [-0.39, 0.29) is 15.8 Å². The van der Waals surface area contributed by atoms with Gasteiger partial charge in [0, 0.05) is 44.0 Å². The minimum absolute atomic E-state index is 0.0768. The van der Waals surface area contributed by atoms with E-state index >= 15 is 0 Å². The van der Waals surface area contributed by atoms with Gasteiger partial charge in [0.05, 0.1) is 31.3 Å². The molecular weight excluding hydrogens is 575 g/mol. The summed E-state index contributed by atoms with van der Waals surface area (Å²) in [6.07, 6.45) is 6.78. The third-order valence-electron chi connectivity index (χ3n) is 5.98. The lowest BCUT2D eigenvalue weighted by Gasteiger charge is -2.32. The quantitative estimate of drug-likeness (QED) is 0.322. The van der Waals surface area contributed by atoms with Crippen molar-refractivity contribution in [2.45, 2.75) is 30.2 Å². The van der Waals surface area contributed by atoms with Crippen LogP contribution in [0.15, 0.2) is 64.4 Å². The van der Waals surface area contributed by atoms with Crippen LogP contribution in [0.2, 0.25) is 10.0 Å². The van der Waals surface area contributed by atoms with Gasteiger partial charge in [-0.3, -0.25) is 4.98 Å². The zero-order chi connectivity index (χ0) is 24.6. The molecule has 0 aliphatic carbocycles. The monoisotopic (exact) mass is 594 g/mol. The smallest absolute Gasteiger partial charge is 0.243 e. The molecule has 1 N–H and O–H groups in total. The number of anilines is 1. The highest BCUT2D eigenvalue weighted by Crippen LogP contribution is 2.33. The largest absolute Gasteiger partial charge is 0.366 e. The lowest BCUT2D eigenvalue weighted by molar-refractivity contribution is 0.313. The van der Waals surface area contributed by atoms with Crippen molar-refractivity contribution in [1.82, 2.24) is 23.9 Å². The van der Waals surface area contributed by atoms with Crippen molar-refractivity contribution in [2.24, 2.45) is 0 Å². The Labute approximate surface area is 221 Å². The van der Waals surface area contributed by atoms with Crippen LogP contribution in [-0.4, -0.2) is 45.4 Å². The van der Waals surface area contributed by atoms with Crippen molar-refractivity contribution in [2.75, 3.05) is 18.4 Å². The second-order valence-corrected chi connectivity index (χ2v) is 11.9. The summed E-state index contributed by atoms with van der Waals surface area (Å²) >= 11 is 15.6. The molecule has 4 heterocycles. The molecule has 1 saturated heterocycles. The van der Waals surface area contributed by atoms with Gasteiger partial charge in [-0.25, -0.2) is 13.4 Å². The zero-order valence-corrected chi connectivity index (χ0v) is 22.3. The molecule has 8 nitrogen and oxygen atoms in total. The van der Waals surface area contributed by atoms with Gasteiger partial charge < -0.3 is 5.32 Å². The van der Waals surface area contributed by atoms with Crippen LogP contribution < -0.4 is 5.32 Å². The fourth-order valence-corrected chi connectivity index (χ4v) is 6.44. The minimum Gasteiger partial charge on any atom is -0.366 e. The molecular formula is C23H21BrCl2N6O2S. The van der Waals surface area contributed by atoms with E-state index in [1.54, 1.807) is 23.1 Å². The number of hydrogen-bond donors (Lipinski definition) is 1. The van der Waals surface area contributed by atoms with Crippen molar-refractivity contribution in [3.8, 4) is 0 Å². The van der Waals surface area contributed by atoms with Gasteiger partial charge in [-0.15, -0.1) is 0 Å². The number of piperidine rings is 1. The van der Waals surface area contributed by atoms with E-state index in [2.05, 4.69) is 31.3 Å². The number of rotatable bonds is 6. The average molecular weight is 596 g/mol. The Kier molecular flexibility index (Phi) is 7.00. The lowest BCUT2D eigenvalue weighted by Crippen LogP contribution is -2.39. The number of aromatic nitrogens is 4. The number of pyridine rings is 1. The van der Waals surface area contributed by atoms with Crippen molar-refractivity contribution in [3.05, 3.63) is 80.8 Å². The highest BCUT2D eigenvalue weighted by atomic mass is 79.9. The zero-order valence-electron chi connectivity index (χ0n) is 18.4. The van der Waals surface area contributed by atoms with Gasteiger partial charge in [0.2, 0.25) is 10.0 Å². The van der Waals surface area contributed by atoms with Gasteiger partial charge in [0.15, 0.2) is 5.65 Å². The van der Waals surface area contributed by atoms with Crippen LogP contribution in [0.25, 0.3) is 5.65 Å². The average Bonchev–Trinajstić information content (AvgIpc) is 3.25. The van der Waals surface area contributed by atoms with Gasteiger partial charge in [-0.05, 0) is 58.6 Å². The molecule has 1 unspecified atom stereocenters. The Morgan fingerprint density at radius 2 is 2.00 bits per heavy atom.